The van der Waals surface area contributed by atoms with Crippen molar-refractivity contribution in [3.05, 3.63) is 96.7 Å². The van der Waals surface area contributed by atoms with Gasteiger partial charge in [-0.2, -0.15) is 0 Å². The number of para-hydroxylation sites is 1. The van der Waals surface area contributed by atoms with Crippen molar-refractivity contribution in [2.45, 2.75) is 19.3 Å². The van der Waals surface area contributed by atoms with Gasteiger partial charge in [0.2, 0.25) is 0 Å². The molecular formula is C24H22ClGeNO2. The average Bonchev–Trinajstić information content (AvgIpc) is 3.18. The molecular weight excluding hydrogens is 442 g/mol. The first kappa shape index (κ1) is 19.8. The Balaban J connectivity index is 1.46. The van der Waals surface area contributed by atoms with Gasteiger partial charge in [0.25, 0.3) is 0 Å². The Hall–Kier alpha value is -2.50. The van der Waals surface area contributed by atoms with Crippen molar-refractivity contribution in [2.24, 2.45) is 0 Å². The van der Waals surface area contributed by atoms with Crippen LogP contribution in [0.5, 0.6) is 0 Å². The summed E-state index contributed by atoms with van der Waals surface area (Å²) >= 11 is -3.73. The number of aromatic amines is 1. The summed E-state index contributed by atoms with van der Waals surface area (Å²) < 4.78 is 7.87. The van der Waals surface area contributed by atoms with E-state index in [4.69, 9.17) is 13.8 Å². The van der Waals surface area contributed by atoms with Crippen LogP contribution in [0.25, 0.3) is 10.9 Å². The number of aromatic nitrogens is 1. The van der Waals surface area contributed by atoms with Gasteiger partial charge in [-0.1, -0.05) is 0 Å². The van der Waals surface area contributed by atoms with Crippen molar-refractivity contribution >= 4 is 48.3 Å². The van der Waals surface area contributed by atoms with Crippen LogP contribution < -0.4 is 8.79 Å². The Kier molecular flexibility index (Phi) is 6.07. The maximum atomic E-state index is 12.7. The molecule has 0 aliphatic rings. The van der Waals surface area contributed by atoms with Crippen molar-refractivity contribution in [1.29, 1.82) is 0 Å². The second-order valence-electron chi connectivity index (χ2n) is 7.01. The molecule has 3 aromatic carbocycles. The Morgan fingerprint density at radius 1 is 0.862 bits per heavy atom. The van der Waals surface area contributed by atoms with E-state index in [9.17, 15) is 4.79 Å². The number of nitrogens with one attached hydrogen (secondary N) is 1. The molecule has 0 fully saturated rings. The van der Waals surface area contributed by atoms with Crippen molar-refractivity contribution in [2.75, 3.05) is 0 Å². The summed E-state index contributed by atoms with van der Waals surface area (Å²) in [6, 6.07) is 27.7. The van der Waals surface area contributed by atoms with Crippen LogP contribution >= 0.6 is 10.0 Å². The maximum absolute atomic E-state index is 12.7. The van der Waals surface area contributed by atoms with Gasteiger partial charge in [0, 0.05) is 0 Å². The van der Waals surface area contributed by atoms with Gasteiger partial charge < -0.3 is 0 Å². The molecule has 146 valence electrons. The second-order valence-corrected chi connectivity index (χ2v) is 15.1. The molecule has 0 aliphatic carbocycles. The number of fused-ring (bicyclic) bond motifs is 1. The number of rotatable bonds is 7. The fourth-order valence-electron chi connectivity index (χ4n) is 3.56. The van der Waals surface area contributed by atoms with E-state index in [1.165, 1.54) is 10.9 Å². The third kappa shape index (κ3) is 4.41. The van der Waals surface area contributed by atoms with Gasteiger partial charge >= 0.3 is 178 Å². The third-order valence-corrected chi connectivity index (χ3v) is 13.3. The fraction of sp³-hybridized carbons (Fsp3) is 0.125. The third-order valence-electron chi connectivity index (χ3n) is 5.05. The Bertz CT molecular complexity index is 1060. The summed E-state index contributed by atoms with van der Waals surface area (Å²) in [5.41, 5.74) is 2.34. The zero-order valence-electron chi connectivity index (χ0n) is 16.0. The SMILES string of the molecule is O=C(CCCc1c[nH]c2ccccc12)[O][Ge]([Cl])([c]1ccccc1)[c]1ccccc1. The summed E-state index contributed by atoms with van der Waals surface area (Å²) in [6.45, 7) is 0. The molecule has 0 atom stereocenters. The first-order valence-corrected chi connectivity index (χ1v) is 15.4. The van der Waals surface area contributed by atoms with Gasteiger partial charge in [-0.3, -0.25) is 0 Å². The van der Waals surface area contributed by atoms with E-state index >= 15 is 0 Å². The first-order valence-electron chi connectivity index (χ1n) is 9.73. The zero-order valence-corrected chi connectivity index (χ0v) is 18.8. The van der Waals surface area contributed by atoms with Crippen molar-refractivity contribution < 1.29 is 8.56 Å². The number of carbonyl (C=O) groups is 1. The molecule has 0 amide bonds. The number of H-pyrrole nitrogens is 1. The standard InChI is InChI=1S/C24H22ClGeNO2/c25-26(20-11-3-1-4-12-20,21-13-5-2-6-14-21)29-24(28)17-9-10-19-18-27-23-16-8-7-15-22(19)23/h1-8,11-16,18,27H,9-10,17H2. The fourth-order valence-corrected chi connectivity index (χ4v) is 9.99. The second kappa shape index (κ2) is 8.89. The number of hydrogen-bond donors (Lipinski definition) is 1. The Morgan fingerprint density at radius 2 is 1.45 bits per heavy atom. The molecule has 1 aromatic heterocycles. The summed E-state index contributed by atoms with van der Waals surface area (Å²) in [4.78, 5) is 16.0. The van der Waals surface area contributed by atoms with E-state index in [1.54, 1.807) is 0 Å². The molecule has 4 aromatic rings. The average molecular weight is 465 g/mol. The summed E-state index contributed by atoms with van der Waals surface area (Å²) in [7, 11) is 7.08. The van der Waals surface area contributed by atoms with Crippen LogP contribution in [0.15, 0.2) is 91.1 Å². The van der Waals surface area contributed by atoms with Gasteiger partial charge in [0.05, 0.1) is 0 Å². The van der Waals surface area contributed by atoms with Gasteiger partial charge in [-0.25, -0.2) is 0 Å². The Morgan fingerprint density at radius 3 is 2.10 bits per heavy atom. The van der Waals surface area contributed by atoms with Crippen molar-refractivity contribution in [1.82, 2.24) is 4.98 Å². The van der Waals surface area contributed by atoms with Gasteiger partial charge in [0.15, 0.2) is 0 Å². The van der Waals surface area contributed by atoms with E-state index in [0.717, 1.165) is 27.2 Å². The normalized spacial score (nSPS) is 11.5. The van der Waals surface area contributed by atoms with Gasteiger partial charge in [-0.15, -0.1) is 0 Å². The quantitative estimate of drug-likeness (QED) is 0.409. The first-order chi connectivity index (χ1) is 14.2. The molecule has 0 saturated heterocycles. The van der Waals surface area contributed by atoms with Crippen LogP contribution in [-0.4, -0.2) is 23.6 Å². The topological polar surface area (TPSA) is 42.1 Å². The predicted octanol–water partition coefficient (Wildman–Crippen LogP) is 4.53. The number of carbonyl (C=O) groups excluding carboxylic acids is 1. The minimum atomic E-state index is -3.73. The molecule has 0 aliphatic heterocycles. The number of benzene rings is 3. The molecule has 0 radical (unpaired) electrons. The molecule has 0 bridgehead atoms. The van der Waals surface area contributed by atoms with Gasteiger partial charge in [-0.05, 0) is 0 Å². The number of aryl methyl sites for hydroxylation is 1. The van der Waals surface area contributed by atoms with Gasteiger partial charge in [0.1, 0.15) is 0 Å². The molecule has 29 heavy (non-hydrogen) atoms. The minimum absolute atomic E-state index is 0.229. The molecule has 1 heterocycles. The number of hydrogen-bond acceptors (Lipinski definition) is 2. The number of halogens is 1. The van der Waals surface area contributed by atoms with E-state index in [-0.39, 0.29) is 5.97 Å². The molecule has 0 spiro atoms. The van der Waals surface area contributed by atoms with E-state index in [0.29, 0.717) is 6.42 Å². The summed E-state index contributed by atoms with van der Waals surface area (Å²) in [5, 5.41) is 1.21. The zero-order chi connectivity index (χ0) is 20.1. The predicted molar refractivity (Wildman–Crippen MR) is 121 cm³/mol. The van der Waals surface area contributed by atoms with Crippen LogP contribution in [0.3, 0.4) is 0 Å². The van der Waals surface area contributed by atoms with Crippen LogP contribution in [0, 0.1) is 0 Å². The van der Waals surface area contributed by atoms with Crippen LogP contribution in [-0.2, 0) is 15.0 Å². The monoisotopic (exact) mass is 465 g/mol. The van der Waals surface area contributed by atoms with E-state index < -0.39 is 12.7 Å². The van der Waals surface area contributed by atoms with E-state index in [2.05, 4.69) is 17.1 Å². The Labute approximate surface area is 177 Å². The summed E-state index contributed by atoms with van der Waals surface area (Å²) in [6.07, 6.45) is 3.91. The molecule has 0 saturated carbocycles. The van der Waals surface area contributed by atoms with Crippen molar-refractivity contribution in [3.63, 3.8) is 0 Å². The van der Waals surface area contributed by atoms with Crippen LogP contribution in [0.2, 0.25) is 0 Å². The van der Waals surface area contributed by atoms with E-state index in [1.807, 2.05) is 79.0 Å². The molecule has 5 heteroatoms. The van der Waals surface area contributed by atoms with Crippen molar-refractivity contribution in [3.8, 4) is 0 Å². The summed E-state index contributed by atoms with van der Waals surface area (Å²) in [5.74, 6) is -0.229. The molecule has 1 N–H and O–H groups in total. The molecule has 0 unspecified atom stereocenters. The molecule has 3 nitrogen and oxygen atoms in total. The van der Waals surface area contributed by atoms with Crippen LogP contribution in [0.4, 0.5) is 0 Å². The molecule has 4 rings (SSSR count). The van der Waals surface area contributed by atoms with Crippen LogP contribution in [0.1, 0.15) is 18.4 Å².